The minimum absolute atomic E-state index is 0.238. The number of carbonyl (C=O) groups is 1. The molecule has 1 atom stereocenters. The number of nitrogens with two attached hydrogens (primary N) is 1. The summed E-state index contributed by atoms with van der Waals surface area (Å²) in [6, 6.07) is 16.4. The Hall–Kier alpha value is -2.12. The first-order chi connectivity index (χ1) is 13.8. The van der Waals surface area contributed by atoms with Crippen LogP contribution in [0.15, 0.2) is 59.0 Å². The van der Waals surface area contributed by atoms with E-state index in [-0.39, 0.29) is 11.9 Å². The fourth-order valence-electron chi connectivity index (χ4n) is 2.99. The van der Waals surface area contributed by atoms with Crippen molar-refractivity contribution in [1.29, 1.82) is 0 Å². The number of alkyl halides is 2. The van der Waals surface area contributed by atoms with Crippen molar-refractivity contribution in [2.24, 2.45) is 5.73 Å². The fraction of sp³-hybridized carbons (Fsp3) is 0.333. The van der Waals surface area contributed by atoms with Crippen LogP contribution in [0.2, 0.25) is 0 Å². The van der Waals surface area contributed by atoms with Gasteiger partial charge < -0.3 is 10.2 Å². The summed E-state index contributed by atoms with van der Waals surface area (Å²) in [6.07, 6.45) is 0.599. The number of benzene rings is 2. The third kappa shape index (κ3) is 4.90. The molecule has 0 saturated heterocycles. The first-order valence-electron chi connectivity index (χ1n) is 9.38. The van der Waals surface area contributed by atoms with Crippen LogP contribution < -0.4 is 10.6 Å². The molecule has 0 spiro atoms. The highest BCUT2D eigenvalue weighted by Crippen LogP contribution is 2.36. The van der Waals surface area contributed by atoms with Gasteiger partial charge in [0.05, 0.1) is 6.04 Å². The Labute approximate surface area is 180 Å². The molecule has 1 amide bonds. The zero-order valence-electron chi connectivity index (χ0n) is 16.4. The quantitative estimate of drug-likeness (QED) is 0.426. The third-order valence-electron chi connectivity index (χ3n) is 4.64. The molecule has 3 rings (SSSR count). The summed E-state index contributed by atoms with van der Waals surface area (Å²) >= 11 is 13.1. The lowest BCUT2D eigenvalue weighted by Gasteiger charge is -2.32. The van der Waals surface area contributed by atoms with Crippen LogP contribution in [-0.2, 0) is 9.25 Å². The Morgan fingerprint density at radius 3 is 2.45 bits per heavy atom. The standard InChI is InChI=1S/C21H24Cl2N4O2/c1-15(24)19(28)27(20-25-17-11-6-7-12-18(17)29-20)14-8-13-26(2)21(22,23)16-9-4-3-5-10-16/h3-7,9-12,15H,8,13-14,24H2,1-2H3/t15-/m0/s1. The van der Waals surface area contributed by atoms with Crippen LogP contribution in [0, 0.1) is 0 Å². The van der Waals surface area contributed by atoms with Crippen molar-refractivity contribution in [3.63, 3.8) is 0 Å². The van der Waals surface area contributed by atoms with Gasteiger partial charge in [-0.1, -0.05) is 65.7 Å². The van der Waals surface area contributed by atoms with Gasteiger partial charge in [-0.25, -0.2) is 0 Å². The van der Waals surface area contributed by atoms with E-state index in [1.807, 2.05) is 66.5 Å². The summed E-state index contributed by atoms with van der Waals surface area (Å²) in [7, 11) is 1.84. The molecule has 0 fully saturated rings. The Morgan fingerprint density at radius 1 is 1.14 bits per heavy atom. The molecule has 2 N–H and O–H groups in total. The van der Waals surface area contributed by atoms with Crippen LogP contribution >= 0.6 is 23.2 Å². The molecule has 0 radical (unpaired) electrons. The molecule has 3 aromatic rings. The molecule has 0 bridgehead atoms. The van der Waals surface area contributed by atoms with Gasteiger partial charge in [-0.3, -0.25) is 14.6 Å². The minimum Gasteiger partial charge on any atom is -0.423 e. The van der Waals surface area contributed by atoms with Crippen molar-refractivity contribution in [3.8, 4) is 0 Å². The van der Waals surface area contributed by atoms with Crippen molar-refractivity contribution in [1.82, 2.24) is 9.88 Å². The summed E-state index contributed by atoms with van der Waals surface area (Å²) in [5.41, 5.74) is 7.92. The van der Waals surface area contributed by atoms with E-state index in [1.54, 1.807) is 6.92 Å². The van der Waals surface area contributed by atoms with E-state index in [1.165, 1.54) is 4.90 Å². The van der Waals surface area contributed by atoms with Gasteiger partial charge >= 0.3 is 6.01 Å². The summed E-state index contributed by atoms with van der Waals surface area (Å²) in [4.78, 5) is 20.4. The van der Waals surface area contributed by atoms with Crippen molar-refractivity contribution in [2.45, 2.75) is 23.8 Å². The number of carbonyl (C=O) groups excluding carboxylic acids is 1. The highest BCUT2D eigenvalue weighted by molar-refractivity contribution is 6.47. The van der Waals surface area contributed by atoms with Gasteiger partial charge in [-0.05, 0) is 32.5 Å². The van der Waals surface area contributed by atoms with Gasteiger partial charge in [0.2, 0.25) is 5.91 Å². The molecule has 0 unspecified atom stereocenters. The molecule has 154 valence electrons. The number of hydrogen-bond donors (Lipinski definition) is 1. The predicted molar refractivity (Wildman–Crippen MR) is 117 cm³/mol. The van der Waals surface area contributed by atoms with E-state index in [0.29, 0.717) is 30.6 Å². The van der Waals surface area contributed by atoms with Gasteiger partial charge in [0.15, 0.2) is 10.0 Å². The fourth-order valence-corrected chi connectivity index (χ4v) is 3.41. The van der Waals surface area contributed by atoms with Crippen LogP contribution in [0.25, 0.3) is 11.1 Å². The molecule has 0 aliphatic heterocycles. The number of rotatable bonds is 8. The SMILES string of the molecule is C[C@H](N)C(=O)N(CCCN(C)C(Cl)(Cl)c1ccccc1)c1nc2ccccc2o1. The predicted octanol–water partition coefficient (Wildman–Crippen LogP) is 4.12. The minimum atomic E-state index is -1.17. The molecular formula is C21H24Cl2N4O2. The lowest BCUT2D eigenvalue weighted by atomic mass is 10.2. The molecule has 0 aliphatic rings. The van der Waals surface area contributed by atoms with Crippen LogP contribution in [0.1, 0.15) is 18.9 Å². The zero-order valence-corrected chi connectivity index (χ0v) is 17.9. The summed E-state index contributed by atoms with van der Waals surface area (Å²) in [5.74, 6) is -0.259. The number of fused-ring (bicyclic) bond motifs is 1. The van der Waals surface area contributed by atoms with E-state index >= 15 is 0 Å². The first kappa shape index (κ1) is 21.6. The smallest absolute Gasteiger partial charge is 0.305 e. The average molecular weight is 435 g/mol. The number of hydrogen-bond acceptors (Lipinski definition) is 5. The van der Waals surface area contributed by atoms with Crippen molar-refractivity contribution >= 4 is 46.2 Å². The van der Waals surface area contributed by atoms with Gasteiger partial charge in [0.25, 0.3) is 0 Å². The molecule has 6 nitrogen and oxygen atoms in total. The first-order valence-corrected chi connectivity index (χ1v) is 10.1. The number of halogens is 2. The maximum atomic E-state index is 12.6. The van der Waals surface area contributed by atoms with Crippen LogP contribution in [0.4, 0.5) is 6.01 Å². The lowest BCUT2D eigenvalue weighted by Crippen LogP contribution is -2.44. The zero-order chi connectivity index (χ0) is 21.0. The van der Waals surface area contributed by atoms with Crippen molar-refractivity contribution in [3.05, 3.63) is 60.2 Å². The molecule has 1 heterocycles. The van der Waals surface area contributed by atoms with E-state index in [4.69, 9.17) is 33.4 Å². The highest BCUT2D eigenvalue weighted by atomic mass is 35.5. The second kappa shape index (κ2) is 9.13. The second-order valence-electron chi connectivity index (χ2n) is 6.93. The Kier molecular flexibility index (Phi) is 6.80. The molecule has 0 saturated carbocycles. The van der Waals surface area contributed by atoms with Crippen molar-refractivity contribution in [2.75, 3.05) is 25.0 Å². The molecule has 29 heavy (non-hydrogen) atoms. The normalized spacial score (nSPS) is 13.0. The molecule has 1 aromatic heterocycles. The maximum Gasteiger partial charge on any atom is 0.305 e. The van der Waals surface area contributed by atoms with Gasteiger partial charge in [-0.2, -0.15) is 4.98 Å². The summed E-state index contributed by atoms with van der Waals surface area (Å²) in [5, 5.41) is 0. The molecule has 0 aliphatic carbocycles. The van der Waals surface area contributed by atoms with Crippen LogP contribution in [0.3, 0.4) is 0 Å². The van der Waals surface area contributed by atoms with Gasteiger partial charge in [-0.15, -0.1) is 0 Å². The molecular weight excluding hydrogens is 411 g/mol. The van der Waals surface area contributed by atoms with E-state index in [2.05, 4.69) is 4.98 Å². The largest absolute Gasteiger partial charge is 0.423 e. The molecule has 8 heteroatoms. The van der Waals surface area contributed by atoms with Gasteiger partial charge in [0.1, 0.15) is 5.52 Å². The third-order valence-corrected chi connectivity index (χ3v) is 5.66. The number of anilines is 1. The number of aromatic nitrogens is 1. The number of amides is 1. The van der Waals surface area contributed by atoms with Gasteiger partial charge in [0, 0.05) is 18.7 Å². The number of oxazole rings is 1. The summed E-state index contributed by atoms with van der Waals surface area (Å²) < 4.78 is 4.60. The summed E-state index contributed by atoms with van der Waals surface area (Å²) in [6.45, 7) is 2.56. The average Bonchev–Trinajstić information content (AvgIpc) is 3.14. The maximum absolute atomic E-state index is 12.6. The molecule has 2 aromatic carbocycles. The van der Waals surface area contributed by atoms with Crippen LogP contribution in [0.5, 0.6) is 0 Å². The Bertz CT molecular complexity index is 926. The Balaban J connectivity index is 1.71. The Morgan fingerprint density at radius 2 is 1.79 bits per heavy atom. The number of nitrogens with zero attached hydrogens (tertiary/aromatic N) is 3. The van der Waals surface area contributed by atoms with E-state index in [0.717, 1.165) is 5.56 Å². The lowest BCUT2D eigenvalue weighted by molar-refractivity contribution is -0.119. The van der Waals surface area contributed by atoms with E-state index in [9.17, 15) is 4.79 Å². The monoisotopic (exact) mass is 434 g/mol. The highest BCUT2D eigenvalue weighted by Gasteiger charge is 2.32. The number of para-hydroxylation sites is 2. The topological polar surface area (TPSA) is 75.6 Å². The van der Waals surface area contributed by atoms with Crippen molar-refractivity contribution < 1.29 is 9.21 Å². The van der Waals surface area contributed by atoms with Crippen LogP contribution in [-0.4, -0.2) is 42.0 Å². The second-order valence-corrected chi connectivity index (χ2v) is 8.21. The van der Waals surface area contributed by atoms with E-state index < -0.39 is 10.5 Å².